The van der Waals surface area contributed by atoms with Crippen LogP contribution < -0.4 is 5.32 Å². The number of rotatable bonds is 3. The van der Waals surface area contributed by atoms with Crippen molar-refractivity contribution in [1.29, 1.82) is 5.26 Å². The average Bonchev–Trinajstić information content (AvgIpc) is 3.44. The number of para-hydroxylation sites is 1. The van der Waals surface area contributed by atoms with Crippen LogP contribution in [0.25, 0.3) is 0 Å². The largest absolute Gasteiger partial charge is 0.325 e. The van der Waals surface area contributed by atoms with Crippen molar-refractivity contribution in [2.45, 2.75) is 64.6 Å². The maximum atomic E-state index is 14.2. The third-order valence-electron chi connectivity index (χ3n) is 7.48. The first kappa shape index (κ1) is 23.1. The van der Waals surface area contributed by atoms with Gasteiger partial charge in [0.15, 0.2) is 0 Å². The van der Waals surface area contributed by atoms with E-state index in [1.165, 1.54) is 0 Å². The van der Waals surface area contributed by atoms with Gasteiger partial charge in [0.25, 0.3) is 5.91 Å². The number of carbonyl (C=O) groups is 3. The summed E-state index contributed by atoms with van der Waals surface area (Å²) in [7, 11) is 0. The zero-order valence-electron chi connectivity index (χ0n) is 20.6. The molecule has 1 saturated heterocycles. The van der Waals surface area contributed by atoms with Crippen LogP contribution in [-0.2, 0) is 21.5 Å². The summed E-state index contributed by atoms with van der Waals surface area (Å²) in [5.74, 6) is -0.603. The van der Waals surface area contributed by atoms with Crippen molar-refractivity contribution >= 4 is 23.4 Å². The molecular formula is C28H30N4O3. The summed E-state index contributed by atoms with van der Waals surface area (Å²) in [6.45, 7) is 8.59. The van der Waals surface area contributed by atoms with E-state index in [1.807, 2.05) is 70.2 Å². The van der Waals surface area contributed by atoms with E-state index in [0.29, 0.717) is 18.5 Å². The molecule has 3 aliphatic rings. The van der Waals surface area contributed by atoms with Gasteiger partial charge in [-0.15, -0.1) is 0 Å². The Morgan fingerprint density at radius 1 is 1.23 bits per heavy atom. The maximum absolute atomic E-state index is 14.2. The molecule has 2 aromatic carbocycles. The molecule has 3 heterocycles. The van der Waals surface area contributed by atoms with Crippen LogP contribution in [-0.4, -0.2) is 46.1 Å². The lowest BCUT2D eigenvalue weighted by Crippen LogP contribution is -2.52. The van der Waals surface area contributed by atoms with Crippen molar-refractivity contribution in [2.24, 2.45) is 5.41 Å². The van der Waals surface area contributed by atoms with E-state index in [1.54, 1.807) is 9.80 Å². The number of hydrogen-bond acceptors (Lipinski definition) is 4. The molecule has 3 atom stereocenters. The van der Waals surface area contributed by atoms with E-state index >= 15 is 0 Å². The first-order valence-electron chi connectivity index (χ1n) is 12.1. The topological polar surface area (TPSA) is 93.5 Å². The lowest BCUT2D eigenvalue weighted by molar-refractivity contribution is -0.137. The summed E-state index contributed by atoms with van der Waals surface area (Å²) >= 11 is 0. The van der Waals surface area contributed by atoms with Gasteiger partial charge in [0, 0.05) is 30.8 Å². The Labute approximate surface area is 205 Å². The van der Waals surface area contributed by atoms with Crippen molar-refractivity contribution in [2.75, 3.05) is 11.9 Å². The number of fused-ring (bicyclic) bond motifs is 3. The molecular weight excluding hydrogens is 440 g/mol. The molecule has 0 aromatic heterocycles. The smallest absolute Gasteiger partial charge is 0.255 e. The second-order valence-corrected chi connectivity index (χ2v) is 11.3. The Morgan fingerprint density at radius 3 is 2.69 bits per heavy atom. The molecule has 5 rings (SSSR count). The van der Waals surface area contributed by atoms with Crippen LogP contribution in [0.2, 0.25) is 0 Å². The fourth-order valence-corrected chi connectivity index (χ4v) is 5.81. The Bertz CT molecular complexity index is 1290. The fourth-order valence-electron chi connectivity index (χ4n) is 5.81. The van der Waals surface area contributed by atoms with Crippen molar-refractivity contribution in [1.82, 2.24) is 9.80 Å². The van der Waals surface area contributed by atoms with Crippen LogP contribution in [0.3, 0.4) is 0 Å². The third-order valence-corrected chi connectivity index (χ3v) is 7.48. The molecule has 7 heteroatoms. The predicted octanol–water partition coefficient (Wildman–Crippen LogP) is 3.77. The van der Waals surface area contributed by atoms with Gasteiger partial charge in [-0.3, -0.25) is 14.4 Å². The molecule has 0 unspecified atom stereocenters. The third kappa shape index (κ3) is 3.68. The monoisotopic (exact) mass is 470 g/mol. The van der Waals surface area contributed by atoms with Gasteiger partial charge in [0.05, 0.1) is 11.5 Å². The van der Waals surface area contributed by atoms with Gasteiger partial charge in [-0.05, 0) is 42.0 Å². The number of likely N-dealkylation sites (tertiary alicyclic amines) is 1. The van der Waals surface area contributed by atoms with E-state index in [4.69, 9.17) is 0 Å². The summed E-state index contributed by atoms with van der Waals surface area (Å²) in [6, 6.07) is 14.0. The standard InChI is InChI=1S/C28H30N4O3/c1-17-9-10-20-18(11-17)15-31(24(20)33)23(13-27(2,3)4)25(34)32-16-28(12-19(32)14-29)21-7-5-6-8-22(21)30-26(28)35/h5-11,19,23H,12-13,15-16H2,1-4H3,(H,30,35)/t19-,23-,28-/m0/s1. The van der Waals surface area contributed by atoms with E-state index < -0.39 is 17.5 Å². The molecule has 0 saturated carbocycles. The summed E-state index contributed by atoms with van der Waals surface area (Å²) < 4.78 is 0. The number of aryl methyl sites for hydroxylation is 1. The Balaban J connectivity index is 1.50. The van der Waals surface area contributed by atoms with Crippen LogP contribution in [0.5, 0.6) is 0 Å². The van der Waals surface area contributed by atoms with Gasteiger partial charge >= 0.3 is 0 Å². The lowest BCUT2D eigenvalue weighted by atomic mass is 9.80. The Kier molecular flexibility index (Phi) is 5.24. The number of nitrogens with zero attached hydrogens (tertiary/aromatic N) is 3. The highest BCUT2D eigenvalue weighted by Gasteiger charge is 2.57. The van der Waals surface area contributed by atoms with Gasteiger partial charge in [-0.1, -0.05) is 56.7 Å². The van der Waals surface area contributed by atoms with Gasteiger partial charge in [0.2, 0.25) is 11.8 Å². The highest BCUT2D eigenvalue weighted by molar-refractivity contribution is 6.07. The first-order chi connectivity index (χ1) is 16.5. The Hall–Kier alpha value is -3.66. The first-order valence-corrected chi connectivity index (χ1v) is 12.1. The average molecular weight is 471 g/mol. The quantitative estimate of drug-likeness (QED) is 0.739. The second kappa shape index (κ2) is 7.94. The molecule has 3 amide bonds. The van der Waals surface area contributed by atoms with Gasteiger partial charge < -0.3 is 15.1 Å². The number of anilines is 1. The molecule has 35 heavy (non-hydrogen) atoms. The zero-order valence-corrected chi connectivity index (χ0v) is 20.6. The highest BCUT2D eigenvalue weighted by atomic mass is 16.2. The zero-order chi connectivity index (χ0) is 25.1. The summed E-state index contributed by atoms with van der Waals surface area (Å²) in [4.78, 5) is 43.9. The van der Waals surface area contributed by atoms with Gasteiger partial charge in [0.1, 0.15) is 12.1 Å². The fraction of sp³-hybridized carbons (Fsp3) is 0.429. The second-order valence-electron chi connectivity index (χ2n) is 11.3. The molecule has 180 valence electrons. The molecule has 3 aliphatic heterocycles. The number of benzene rings is 2. The van der Waals surface area contributed by atoms with Crippen molar-refractivity contribution in [3.8, 4) is 6.07 Å². The molecule has 0 bridgehead atoms. The normalized spacial score (nSPS) is 23.8. The van der Waals surface area contributed by atoms with Crippen molar-refractivity contribution < 1.29 is 14.4 Å². The summed E-state index contributed by atoms with van der Waals surface area (Å²) in [6.07, 6.45) is 0.697. The van der Waals surface area contributed by atoms with Crippen LogP contribution in [0.1, 0.15) is 60.7 Å². The van der Waals surface area contributed by atoms with Crippen LogP contribution in [0.4, 0.5) is 5.69 Å². The number of carbonyl (C=O) groups excluding carboxylic acids is 3. The molecule has 2 aromatic rings. The highest BCUT2D eigenvalue weighted by Crippen LogP contribution is 2.47. The van der Waals surface area contributed by atoms with Gasteiger partial charge in [-0.2, -0.15) is 5.26 Å². The molecule has 1 spiro atoms. The number of hydrogen-bond donors (Lipinski definition) is 1. The van der Waals surface area contributed by atoms with Crippen molar-refractivity contribution in [3.63, 3.8) is 0 Å². The minimum absolute atomic E-state index is 0.127. The number of nitrogens with one attached hydrogen (secondary N) is 1. The molecule has 1 N–H and O–H groups in total. The molecule has 0 aliphatic carbocycles. The van der Waals surface area contributed by atoms with E-state index in [9.17, 15) is 19.6 Å². The maximum Gasteiger partial charge on any atom is 0.255 e. The van der Waals surface area contributed by atoms with Crippen molar-refractivity contribution in [3.05, 3.63) is 64.7 Å². The van der Waals surface area contributed by atoms with E-state index in [0.717, 1.165) is 22.4 Å². The van der Waals surface area contributed by atoms with Crippen LogP contribution in [0, 0.1) is 23.7 Å². The Morgan fingerprint density at radius 2 is 1.97 bits per heavy atom. The predicted molar refractivity (Wildman–Crippen MR) is 131 cm³/mol. The summed E-state index contributed by atoms with van der Waals surface area (Å²) in [5, 5.41) is 12.9. The van der Waals surface area contributed by atoms with E-state index in [2.05, 4.69) is 11.4 Å². The molecule has 0 radical (unpaired) electrons. The summed E-state index contributed by atoms with van der Waals surface area (Å²) in [5.41, 5.74) is 2.98. The molecule has 1 fully saturated rings. The number of amides is 3. The minimum atomic E-state index is -0.950. The van der Waals surface area contributed by atoms with Crippen LogP contribution in [0.15, 0.2) is 42.5 Å². The van der Waals surface area contributed by atoms with Gasteiger partial charge in [-0.25, -0.2) is 0 Å². The number of nitriles is 1. The lowest BCUT2D eigenvalue weighted by Gasteiger charge is -2.35. The minimum Gasteiger partial charge on any atom is -0.325 e. The molecule has 7 nitrogen and oxygen atoms in total. The SMILES string of the molecule is Cc1ccc2c(c1)CN([C@@H](CC(C)(C)C)C(=O)N1C[C@]3(C[C@H]1C#N)C(=O)Nc1ccccc13)C2=O. The van der Waals surface area contributed by atoms with E-state index in [-0.39, 0.29) is 36.1 Å². The van der Waals surface area contributed by atoms with Crippen LogP contribution >= 0.6 is 0 Å².